The van der Waals surface area contributed by atoms with Crippen molar-refractivity contribution in [3.05, 3.63) is 18.2 Å². The molecule has 1 heterocycles. The molecule has 0 aliphatic carbocycles. The van der Waals surface area contributed by atoms with Crippen molar-refractivity contribution < 1.29 is 35.1 Å². The quantitative estimate of drug-likeness (QED) is 0.334. The van der Waals surface area contributed by atoms with E-state index in [-0.39, 0.29) is 0 Å². The summed E-state index contributed by atoms with van der Waals surface area (Å²) in [6, 6.07) is 0. The first-order valence-corrected chi connectivity index (χ1v) is 8.58. The number of aromatic amines is 1. The molecule has 0 aromatic carbocycles. The van der Waals surface area contributed by atoms with Gasteiger partial charge < -0.3 is 4.55 Å². The van der Waals surface area contributed by atoms with Gasteiger partial charge in [0.2, 0.25) is 0 Å². The zero-order valence-electron chi connectivity index (χ0n) is 13.1. The number of aryl methyl sites for hydroxylation is 2. The summed E-state index contributed by atoms with van der Waals surface area (Å²) in [4.78, 5) is 3.26. The molecule has 10 heteroatoms. The lowest BCUT2D eigenvalue weighted by Crippen LogP contribution is -2.36. The highest BCUT2D eigenvalue weighted by molar-refractivity contribution is 7.86. The molecule has 0 saturated carbocycles. The molecule has 1 rings (SSSR count). The number of alkyl halides is 4. The van der Waals surface area contributed by atoms with Gasteiger partial charge in [-0.2, -0.15) is 8.78 Å². The monoisotopic (exact) mass is 362 g/mol. The Balaban J connectivity index is 0.000000438. The fraction of sp³-hybridized carbons (Fsp3) is 0.769. The van der Waals surface area contributed by atoms with Gasteiger partial charge in [0.1, 0.15) is 12.4 Å². The summed E-state index contributed by atoms with van der Waals surface area (Å²) in [6.45, 7) is 2.25. The number of unbranched alkanes of at least 4 members (excludes halogenated alkanes) is 4. The van der Waals surface area contributed by atoms with Crippen LogP contribution in [0.3, 0.4) is 0 Å². The van der Waals surface area contributed by atoms with E-state index in [0.29, 0.717) is 0 Å². The maximum Gasteiger partial charge on any atom is 0.393 e. The van der Waals surface area contributed by atoms with Gasteiger partial charge in [0.15, 0.2) is 10.1 Å². The fourth-order valence-electron chi connectivity index (χ4n) is 1.69. The van der Waals surface area contributed by atoms with Crippen molar-refractivity contribution in [3.63, 3.8) is 0 Å². The number of hydrogen-bond acceptors (Lipinski definition) is 3. The van der Waals surface area contributed by atoms with Gasteiger partial charge in [-0.3, -0.25) is 0 Å². The highest BCUT2D eigenvalue weighted by Crippen LogP contribution is 2.27. The summed E-state index contributed by atoms with van der Waals surface area (Å²) >= 11 is 0. The Bertz CT molecular complexity index is 547. The second kappa shape index (κ2) is 9.86. The topological polar surface area (TPSA) is 76.9 Å². The van der Waals surface area contributed by atoms with Crippen LogP contribution >= 0.6 is 0 Å². The summed E-state index contributed by atoms with van der Waals surface area (Å²) in [5, 5.41) is -5.48. The van der Waals surface area contributed by atoms with Gasteiger partial charge >= 0.3 is 11.7 Å². The van der Waals surface area contributed by atoms with Gasteiger partial charge in [0.25, 0.3) is 5.82 Å². The van der Waals surface area contributed by atoms with Crippen LogP contribution in [0.15, 0.2) is 12.4 Å². The van der Waals surface area contributed by atoms with Crippen molar-refractivity contribution >= 4 is 10.1 Å². The zero-order chi connectivity index (χ0) is 18.1. The van der Waals surface area contributed by atoms with Crippen LogP contribution < -0.4 is 4.57 Å². The van der Waals surface area contributed by atoms with Crippen molar-refractivity contribution in [2.75, 3.05) is 0 Å². The van der Waals surface area contributed by atoms with E-state index in [9.17, 15) is 30.5 Å². The fourth-order valence-corrected chi connectivity index (χ4v) is 1.91. The van der Waals surface area contributed by atoms with Gasteiger partial charge in [0, 0.05) is 6.42 Å². The molecular formula is C13H22F4N2O3S. The van der Waals surface area contributed by atoms with E-state index < -0.39 is 21.8 Å². The molecule has 0 aliphatic rings. The normalized spacial score (nSPS) is 12.2. The second-order valence-electron chi connectivity index (χ2n) is 5.00. The summed E-state index contributed by atoms with van der Waals surface area (Å²) in [5.74, 6) is 1.34. The van der Waals surface area contributed by atoms with Crippen LogP contribution in [0.4, 0.5) is 17.6 Å². The second-order valence-corrected chi connectivity index (χ2v) is 6.45. The highest BCUT2D eigenvalue weighted by atomic mass is 32.2. The van der Waals surface area contributed by atoms with Crippen molar-refractivity contribution in [3.8, 4) is 0 Å². The lowest BCUT2D eigenvalue weighted by molar-refractivity contribution is -0.677. The summed E-state index contributed by atoms with van der Waals surface area (Å²) in [5.41, 5.74) is 0. The minimum atomic E-state index is -6.23. The molecule has 0 radical (unpaired) electrons. The molecule has 5 nitrogen and oxygen atoms in total. The molecule has 1 aromatic heterocycles. The number of nitrogens with one attached hydrogen (secondary N) is 1. The Morgan fingerprint density at radius 3 is 2.17 bits per heavy atom. The number of H-pyrrole nitrogens is 1. The van der Waals surface area contributed by atoms with Crippen LogP contribution in [0.25, 0.3) is 0 Å². The van der Waals surface area contributed by atoms with Gasteiger partial charge in [0.05, 0.1) is 7.05 Å². The number of nitrogens with zero attached hydrogens (tertiary/aromatic N) is 1. The molecule has 1 aromatic rings. The van der Waals surface area contributed by atoms with E-state index in [4.69, 9.17) is 0 Å². The first kappa shape index (κ1) is 21.8. The third-order valence-corrected chi connectivity index (χ3v) is 3.92. The largest absolute Gasteiger partial charge is 0.743 e. The Morgan fingerprint density at radius 2 is 1.83 bits per heavy atom. The third-order valence-electron chi connectivity index (χ3n) is 3.08. The van der Waals surface area contributed by atoms with Gasteiger partial charge in [-0.25, -0.2) is 26.7 Å². The molecule has 1 N–H and O–H groups in total. The van der Waals surface area contributed by atoms with E-state index in [1.54, 1.807) is 0 Å². The van der Waals surface area contributed by atoms with Crippen LogP contribution in [-0.2, 0) is 23.6 Å². The lowest BCUT2D eigenvalue weighted by atomic mass is 10.1. The minimum Gasteiger partial charge on any atom is -0.743 e. The minimum absolute atomic E-state index is 1.19. The molecule has 136 valence electrons. The smallest absolute Gasteiger partial charge is 0.393 e. The van der Waals surface area contributed by atoms with E-state index in [1.165, 1.54) is 44.3 Å². The van der Waals surface area contributed by atoms with Crippen LogP contribution in [0.5, 0.6) is 0 Å². The van der Waals surface area contributed by atoms with Crippen LogP contribution in [-0.4, -0.2) is 29.6 Å². The number of hydrogen-bond donors (Lipinski definition) is 1. The highest BCUT2D eigenvalue weighted by Gasteiger charge is 2.48. The van der Waals surface area contributed by atoms with Crippen molar-refractivity contribution in [2.45, 2.75) is 57.1 Å². The summed E-state index contributed by atoms with van der Waals surface area (Å²) < 4.78 is 74.9. The molecule has 0 amide bonds. The summed E-state index contributed by atoms with van der Waals surface area (Å²) in [6.07, 6.45) is 7.57. The van der Waals surface area contributed by atoms with Gasteiger partial charge in [-0.15, -0.1) is 0 Å². The van der Waals surface area contributed by atoms with E-state index in [1.807, 2.05) is 6.20 Å². The van der Waals surface area contributed by atoms with Gasteiger partial charge in [-0.05, 0) is 6.42 Å². The van der Waals surface area contributed by atoms with Crippen LogP contribution in [0.2, 0.25) is 0 Å². The standard InChI is InChI=1S/C11H20N2.C2H2F4O3S/c1-3-4-5-6-7-8-11-12-9-10-13(11)2;3-1(4)2(5,6)10(7,8)9/h9-10H,3-8H2,1-2H3;1H,(H,7,8,9). The zero-order valence-corrected chi connectivity index (χ0v) is 13.9. The first-order chi connectivity index (χ1) is 10.5. The number of rotatable bonds is 8. The average molecular weight is 362 g/mol. The van der Waals surface area contributed by atoms with E-state index in [0.717, 1.165) is 0 Å². The van der Waals surface area contributed by atoms with E-state index in [2.05, 4.69) is 29.7 Å². The first-order valence-electron chi connectivity index (χ1n) is 7.17. The molecule has 0 spiro atoms. The molecule has 0 saturated heterocycles. The number of aromatic nitrogens is 2. The lowest BCUT2D eigenvalue weighted by Gasteiger charge is -2.17. The maximum absolute atomic E-state index is 11.4. The number of imidazole rings is 1. The Kier molecular flexibility index (Phi) is 9.37. The Morgan fingerprint density at radius 1 is 1.26 bits per heavy atom. The molecule has 0 unspecified atom stereocenters. The predicted molar refractivity (Wildman–Crippen MR) is 75.1 cm³/mol. The Hall–Kier alpha value is -1.16. The predicted octanol–water partition coefficient (Wildman–Crippen LogP) is 2.74. The molecule has 0 bridgehead atoms. The number of halogens is 4. The molecule has 0 aliphatic heterocycles. The molecule has 0 atom stereocenters. The Labute approximate surface area is 133 Å². The van der Waals surface area contributed by atoms with Crippen LogP contribution in [0.1, 0.15) is 44.9 Å². The van der Waals surface area contributed by atoms with Crippen molar-refractivity contribution in [1.82, 2.24) is 4.98 Å². The molecular weight excluding hydrogens is 340 g/mol. The van der Waals surface area contributed by atoms with Crippen molar-refractivity contribution in [2.24, 2.45) is 7.05 Å². The van der Waals surface area contributed by atoms with E-state index >= 15 is 0 Å². The van der Waals surface area contributed by atoms with Gasteiger partial charge in [-0.1, -0.05) is 32.6 Å². The SMILES string of the molecule is CCCCCCCc1[nH]cc[n+]1C.O=S(=O)([O-])C(F)(F)C(F)F. The molecule has 0 fully saturated rings. The maximum atomic E-state index is 11.4. The summed E-state index contributed by atoms with van der Waals surface area (Å²) in [7, 11) is -4.14. The third kappa shape index (κ3) is 7.78. The average Bonchev–Trinajstić information content (AvgIpc) is 2.83. The van der Waals surface area contributed by atoms with Crippen molar-refractivity contribution in [1.29, 1.82) is 0 Å². The van der Waals surface area contributed by atoms with Crippen LogP contribution in [0, 0.1) is 0 Å². The molecule has 23 heavy (non-hydrogen) atoms.